The van der Waals surface area contributed by atoms with Crippen LogP contribution in [0.3, 0.4) is 0 Å². The number of halogens is 2. The van der Waals surface area contributed by atoms with Crippen molar-refractivity contribution in [1.29, 1.82) is 0 Å². The summed E-state index contributed by atoms with van der Waals surface area (Å²) in [6.45, 7) is 1.50. The highest BCUT2D eigenvalue weighted by Crippen LogP contribution is 1.97. The summed E-state index contributed by atoms with van der Waals surface area (Å²) in [5.74, 6) is 0.0243. The van der Waals surface area contributed by atoms with Crippen molar-refractivity contribution in [3.63, 3.8) is 0 Å². The average molecular weight is 402 g/mol. The van der Waals surface area contributed by atoms with Gasteiger partial charge >= 0.3 is 0 Å². The zero-order valence-electron chi connectivity index (χ0n) is 10.8. The molecule has 0 radical (unpaired) electrons. The Bertz CT molecular complexity index is 533. The van der Waals surface area contributed by atoms with E-state index in [4.69, 9.17) is 0 Å². The molecule has 0 saturated heterocycles. The van der Waals surface area contributed by atoms with Gasteiger partial charge in [0.15, 0.2) is 11.6 Å². The van der Waals surface area contributed by atoms with Crippen LogP contribution in [-0.2, 0) is 0 Å². The van der Waals surface area contributed by atoms with Gasteiger partial charge in [0.1, 0.15) is 11.4 Å². The third-order valence-corrected chi connectivity index (χ3v) is 2.61. The summed E-state index contributed by atoms with van der Waals surface area (Å²) < 4.78 is 0. The number of carbonyl (C=O) groups excluding carboxylic acids is 2. The van der Waals surface area contributed by atoms with Crippen LogP contribution in [0.25, 0.3) is 0 Å². The maximum atomic E-state index is 10.9. The van der Waals surface area contributed by atoms with Crippen molar-refractivity contribution in [2.24, 2.45) is 0 Å². The molecule has 4 nitrogen and oxygen atoms in total. The smallest absolute Gasteiger partial charge is 0.191 e. The molecule has 2 aromatic heterocycles. The highest BCUT2D eigenvalue weighted by Gasteiger charge is 2.01. The third-order valence-electron chi connectivity index (χ3n) is 2.10. The van der Waals surface area contributed by atoms with E-state index in [1.54, 1.807) is 48.8 Å². The molecule has 106 valence electrons. The molecule has 0 spiro atoms. The van der Waals surface area contributed by atoms with E-state index in [0.29, 0.717) is 16.7 Å². The number of rotatable bonds is 3. The highest BCUT2D eigenvalue weighted by atomic mass is 79.9. The molecule has 0 saturated carbocycles. The van der Waals surface area contributed by atoms with Gasteiger partial charge in [0, 0.05) is 19.3 Å². The predicted molar refractivity (Wildman–Crippen MR) is 86.9 cm³/mol. The summed E-state index contributed by atoms with van der Waals surface area (Å²) in [6, 6.07) is 10.6. The Morgan fingerprint density at radius 3 is 1.80 bits per heavy atom. The number of pyridine rings is 2. The molecular weight excluding hydrogens is 388 g/mol. The molecule has 0 atom stereocenters. The SMILES string of the molecule is Br.CC(=O)c1ccccn1.O=C(CBr)c1ccccn1. The monoisotopic (exact) mass is 400 g/mol. The van der Waals surface area contributed by atoms with Crippen molar-refractivity contribution >= 4 is 44.5 Å². The predicted octanol–water partition coefficient (Wildman–Crippen LogP) is 3.52. The van der Waals surface area contributed by atoms with E-state index < -0.39 is 0 Å². The van der Waals surface area contributed by atoms with Crippen LogP contribution in [0.15, 0.2) is 48.8 Å². The number of carbonyl (C=O) groups is 2. The van der Waals surface area contributed by atoms with E-state index >= 15 is 0 Å². The molecule has 0 unspecified atom stereocenters. The summed E-state index contributed by atoms with van der Waals surface area (Å²) in [5, 5.41) is 0.337. The molecule has 0 aliphatic heterocycles. The van der Waals surface area contributed by atoms with Crippen molar-refractivity contribution in [2.75, 3.05) is 5.33 Å². The summed E-state index contributed by atoms with van der Waals surface area (Å²) in [7, 11) is 0. The van der Waals surface area contributed by atoms with Crippen LogP contribution >= 0.6 is 32.9 Å². The minimum Gasteiger partial charge on any atom is -0.293 e. The van der Waals surface area contributed by atoms with Gasteiger partial charge in [-0.2, -0.15) is 0 Å². The van der Waals surface area contributed by atoms with E-state index in [1.807, 2.05) is 0 Å². The minimum absolute atomic E-state index is 0. The standard InChI is InChI=1S/C7H6BrNO.C7H7NO.BrH/c8-5-7(10)6-3-1-2-4-9-6;1-6(9)7-4-2-3-5-8-7;/h1-4H,5H2;2-5H,1H3;1H. The number of nitrogens with zero attached hydrogens (tertiary/aromatic N) is 2. The van der Waals surface area contributed by atoms with Crippen molar-refractivity contribution in [1.82, 2.24) is 9.97 Å². The second kappa shape index (κ2) is 10.4. The summed E-state index contributed by atoms with van der Waals surface area (Å²) in [4.78, 5) is 29.2. The Morgan fingerprint density at radius 2 is 1.50 bits per heavy atom. The minimum atomic E-state index is 0. The molecule has 0 aliphatic rings. The van der Waals surface area contributed by atoms with Crippen molar-refractivity contribution in [2.45, 2.75) is 6.92 Å². The van der Waals surface area contributed by atoms with Gasteiger partial charge in [-0.1, -0.05) is 28.1 Å². The van der Waals surface area contributed by atoms with Gasteiger partial charge in [-0.3, -0.25) is 19.6 Å². The zero-order chi connectivity index (χ0) is 14.1. The number of alkyl halides is 1. The molecule has 0 aromatic carbocycles. The van der Waals surface area contributed by atoms with Gasteiger partial charge in [-0.15, -0.1) is 17.0 Å². The molecule has 2 aromatic rings. The lowest BCUT2D eigenvalue weighted by molar-refractivity contribution is 0.100. The summed E-state index contributed by atoms with van der Waals surface area (Å²) in [6.07, 6.45) is 3.21. The van der Waals surface area contributed by atoms with Crippen molar-refractivity contribution in [3.8, 4) is 0 Å². The molecule has 20 heavy (non-hydrogen) atoms. The Labute approximate surface area is 136 Å². The Morgan fingerprint density at radius 1 is 1.00 bits per heavy atom. The molecular formula is C14H14Br2N2O2. The Kier molecular flexibility index (Phi) is 9.67. The fourth-order valence-electron chi connectivity index (χ4n) is 1.17. The average Bonchev–Trinajstić information content (AvgIpc) is 2.49. The van der Waals surface area contributed by atoms with Crippen molar-refractivity contribution < 1.29 is 9.59 Å². The first-order chi connectivity index (χ1) is 9.15. The first-order valence-corrected chi connectivity index (χ1v) is 6.69. The van der Waals surface area contributed by atoms with Gasteiger partial charge in [0.05, 0.1) is 5.33 Å². The summed E-state index contributed by atoms with van der Waals surface area (Å²) >= 11 is 3.06. The second-order valence-electron chi connectivity index (χ2n) is 3.54. The van der Waals surface area contributed by atoms with Crippen LogP contribution < -0.4 is 0 Å². The van der Waals surface area contributed by atoms with Gasteiger partial charge < -0.3 is 0 Å². The number of ketones is 2. The highest BCUT2D eigenvalue weighted by molar-refractivity contribution is 9.09. The topological polar surface area (TPSA) is 59.9 Å². The first-order valence-electron chi connectivity index (χ1n) is 5.57. The van der Waals surface area contributed by atoms with Gasteiger partial charge in [0.2, 0.25) is 0 Å². The van der Waals surface area contributed by atoms with Crippen LogP contribution in [-0.4, -0.2) is 26.9 Å². The number of hydrogen-bond donors (Lipinski definition) is 0. The quantitative estimate of drug-likeness (QED) is 0.583. The van der Waals surface area contributed by atoms with Crippen LogP contribution in [0, 0.1) is 0 Å². The molecule has 2 heterocycles. The molecule has 0 bridgehead atoms. The lowest BCUT2D eigenvalue weighted by Crippen LogP contribution is -2.01. The zero-order valence-corrected chi connectivity index (χ0v) is 14.1. The molecule has 0 N–H and O–H groups in total. The van der Waals surface area contributed by atoms with E-state index in [2.05, 4.69) is 25.9 Å². The normalized spacial score (nSPS) is 8.70. The van der Waals surface area contributed by atoms with Gasteiger partial charge in [-0.05, 0) is 24.3 Å². The van der Waals surface area contributed by atoms with Crippen LogP contribution in [0.1, 0.15) is 27.9 Å². The lowest BCUT2D eigenvalue weighted by Gasteiger charge is -1.91. The number of aromatic nitrogens is 2. The maximum absolute atomic E-state index is 10.9. The lowest BCUT2D eigenvalue weighted by atomic mass is 10.3. The Balaban J connectivity index is 0.000000345. The fourth-order valence-corrected chi connectivity index (χ4v) is 1.45. The number of hydrogen-bond acceptors (Lipinski definition) is 4. The maximum Gasteiger partial charge on any atom is 0.191 e. The van der Waals surface area contributed by atoms with E-state index in [0.717, 1.165) is 0 Å². The van der Waals surface area contributed by atoms with Crippen molar-refractivity contribution in [3.05, 3.63) is 60.2 Å². The molecule has 6 heteroatoms. The first kappa shape index (κ1) is 18.6. The van der Waals surface area contributed by atoms with E-state index in [9.17, 15) is 9.59 Å². The molecule has 0 fully saturated rings. The molecule has 0 amide bonds. The summed E-state index contributed by atoms with van der Waals surface area (Å²) in [5.41, 5.74) is 1.04. The third kappa shape index (κ3) is 6.68. The van der Waals surface area contributed by atoms with Gasteiger partial charge in [-0.25, -0.2) is 0 Å². The van der Waals surface area contributed by atoms with Crippen LogP contribution in [0.4, 0.5) is 0 Å². The Hall–Kier alpha value is -1.40. The largest absolute Gasteiger partial charge is 0.293 e. The van der Waals surface area contributed by atoms with E-state index in [1.165, 1.54) is 6.92 Å². The molecule has 0 aliphatic carbocycles. The second-order valence-corrected chi connectivity index (χ2v) is 4.10. The molecule has 2 rings (SSSR count). The van der Waals surface area contributed by atoms with E-state index in [-0.39, 0.29) is 28.5 Å². The fraction of sp³-hybridized carbons (Fsp3) is 0.143. The van der Waals surface area contributed by atoms with Crippen LogP contribution in [0.5, 0.6) is 0 Å². The number of Topliss-reactive ketones (excluding diaryl/α,β-unsaturated/α-hetero) is 2. The van der Waals surface area contributed by atoms with Gasteiger partial charge in [0.25, 0.3) is 0 Å². The van der Waals surface area contributed by atoms with Crippen LogP contribution in [0.2, 0.25) is 0 Å².